The number of phenols is 1. The highest BCUT2D eigenvalue weighted by Gasteiger charge is 2.18. The van der Waals surface area contributed by atoms with Gasteiger partial charge in [0.25, 0.3) is 5.56 Å². The first-order chi connectivity index (χ1) is 9.92. The molecule has 0 fully saturated rings. The van der Waals surface area contributed by atoms with E-state index in [2.05, 4.69) is 0 Å². The van der Waals surface area contributed by atoms with Crippen LogP contribution in [0.3, 0.4) is 0 Å². The Bertz CT molecular complexity index is 832. The number of hydrogen-bond acceptors (Lipinski definition) is 5. The Labute approximate surface area is 119 Å². The molecule has 1 heterocycles. The van der Waals surface area contributed by atoms with E-state index in [1.165, 1.54) is 44.1 Å². The topological polar surface area (TPSA) is 90.5 Å². The van der Waals surface area contributed by atoms with Crippen molar-refractivity contribution in [3.63, 3.8) is 0 Å². The number of aryl methyl sites for hydroxylation is 1. The fourth-order valence-corrected chi connectivity index (χ4v) is 2.09. The number of aldehydes is 1. The van der Waals surface area contributed by atoms with Gasteiger partial charge in [0.1, 0.15) is 0 Å². The van der Waals surface area contributed by atoms with Crippen LogP contribution in [0.4, 0.5) is 0 Å². The first kappa shape index (κ1) is 14.6. The first-order valence-electron chi connectivity index (χ1n) is 6.04. The zero-order chi connectivity index (χ0) is 15.7. The van der Waals surface area contributed by atoms with E-state index in [1.807, 2.05) is 0 Å². The highest BCUT2D eigenvalue weighted by molar-refractivity contribution is 5.85. The van der Waals surface area contributed by atoms with E-state index in [4.69, 9.17) is 4.74 Å². The first-order valence-corrected chi connectivity index (χ1v) is 6.04. The molecule has 0 radical (unpaired) electrons. The van der Waals surface area contributed by atoms with Crippen molar-refractivity contribution >= 4 is 6.29 Å². The van der Waals surface area contributed by atoms with Crippen molar-refractivity contribution in [3.8, 4) is 22.6 Å². The zero-order valence-electron chi connectivity index (χ0n) is 11.8. The van der Waals surface area contributed by atoms with E-state index in [1.54, 1.807) is 0 Å². The summed E-state index contributed by atoms with van der Waals surface area (Å²) in [6, 6.07) is 2.87. The van der Waals surface area contributed by atoms with Crippen LogP contribution in [0.5, 0.6) is 11.5 Å². The fourth-order valence-electron chi connectivity index (χ4n) is 2.09. The maximum atomic E-state index is 12.2. The average molecular weight is 290 g/mol. The number of nitrogens with zero attached hydrogens (tertiary/aromatic N) is 2. The number of carbonyl (C=O) groups is 1. The Morgan fingerprint density at radius 3 is 2.43 bits per heavy atom. The van der Waals surface area contributed by atoms with Crippen LogP contribution in [-0.4, -0.2) is 27.6 Å². The molecule has 1 aromatic carbocycles. The molecule has 0 unspecified atom stereocenters. The number of hydrogen-bond donors (Lipinski definition) is 1. The smallest absolute Gasteiger partial charge is 0.330 e. The van der Waals surface area contributed by atoms with Crippen LogP contribution in [-0.2, 0) is 14.1 Å². The van der Waals surface area contributed by atoms with Gasteiger partial charge in [0.15, 0.2) is 17.8 Å². The second-order valence-corrected chi connectivity index (χ2v) is 4.50. The molecule has 0 atom stereocenters. The predicted molar refractivity (Wildman–Crippen MR) is 76.0 cm³/mol. The van der Waals surface area contributed by atoms with E-state index in [-0.39, 0.29) is 22.6 Å². The van der Waals surface area contributed by atoms with Crippen LogP contribution in [0.25, 0.3) is 11.1 Å². The minimum absolute atomic E-state index is 0.00958. The molecule has 0 aliphatic carbocycles. The van der Waals surface area contributed by atoms with Gasteiger partial charge in [-0.3, -0.25) is 14.2 Å². The lowest BCUT2D eigenvalue weighted by Gasteiger charge is -2.13. The van der Waals surface area contributed by atoms with Gasteiger partial charge in [-0.1, -0.05) is 0 Å². The minimum atomic E-state index is -0.519. The van der Waals surface area contributed by atoms with Crippen LogP contribution >= 0.6 is 0 Å². The lowest BCUT2D eigenvalue weighted by Crippen LogP contribution is -2.37. The van der Waals surface area contributed by atoms with Crippen molar-refractivity contribution in [2.45, 2.75) is 0 Å². The molecule has 1 N–H and O–H groups in total. The summed E-state index contributed by atoms with van der Waals surface area (Å²) in [5, 5.41) is 9.98. The lowest BCUT2D eigenvalue weighted by atomic mass is 10.0. The van der Waals surface area contributed by atoms with Crippen LogP contribution in [0.15, 0.2) is 27.9 Å². The summed E-state index contributed by atoms with van der Waals surface area (Å²) in [5.41, 5.74) is -0.440. The summed E-state index contributed by atoms with van der Waals surface area (Å²) < 4.78 is 7.30. The molecule has 0 saturated carbocycles. The zero-order valence-corrected chi connectivity index (χ0v) is 11.8. The molecule has 0 amide bonds. The van der Waals surface area contributed by atoms with Crippen molar-refractivity contribution in [1.29, 1.82) is 0 Å². The number of rotatable bonds is 3. The molecule has 2 rings (SSSR count). The van der Waals surface area contributed by atoms with E-state index in [9.17, 15) is 19.5 Å². The fraction of sp³-hybridized carbons (Fsp3) is 0.214. The quantitative estimate of drug-likeness (QED) is 0.820. The molecule has 2 aromatic rings. The standard InChI is InChI=1S/C14H14N2O5/c1-15-6-10(13(19)16(2)14(15)20)9-5-4-8(7-17)11(18)12(9)21-3/h4-7,18H,1-3H3. The van der Waals surface area contributed by atoms with Crippen LogP contribution in [0.1, 0.15) is 10.4 Å². The summed E-state index contributed by atoms with van der Waals surface area (Å²) in [6.07, 6.45) is 1.85. The maximum absolute atomic E-state index is 12.2. The Hall–Kier alpha value is -2.83. The van der Waals surface area contributed by atoms with E-state index in [0.29, 0.717) is 11.8 Å². The molecule has 0 aliphatic rings. The monoisotopic (exact) mass is 290 g/mol. The second-order valence-electron chi connectivity index (χ2n) is 4.50. The summed E-state index contributed by atoms with van der Waals surface area (Å²) in [4.78, 5) is 34.7. The SMILES string of the molecule is COc1c(-c2cn(C)c(=O)n(C)c2=O)ccc(C=O)c1O. The molecule has 21 heavy (non-hydrogen) atoms. The Morgan fingerprint density at radius 2 is 1.86 bits per heavy atom. The molecule has 110 valence electrons. The van der Waals surface area contributed by atoms with Crippen molar-refractivity contribution in [2.24, 2.45) is 14.1 Å². The van der Waals surface area contributed by atoms with Crippen molar-refractivity contribution < 1.29 is 14.6 Å². The van der Waals surface area contributed by atoms with Crippen LogP contribution in [0.2, 0.25) is 0 Å². The molecular weight excluding hydrogens is 276 g/mol. The Kier molecular flexibility index (Phi) is 3.66. The molecule has 0 bridgehead atoms. The number of ether oxygens (including phenoxy) is 1. The third-order valence-electron chi connectivity index (χ3n) is 3.23. The van der Waals surface area contributed by atoms with E-state index < -0.39 is 11.2 Å². The Morgan fingerprint density at radius 1 is 1.19 bits per heavy atom. The number of methoxy groups -OCH3 is 1. The molecule has 0 aliphatic heterocycles. The largest absolute Gasteiger partial charge is 0.504 e. The number of carbonyl (C=O) groups excluding carboxylic acids is 1. The Balaban J connectivity index is 2.86. The third-order valence-corrected chi connectivity index (χ3v) is 3.23. The van der Waals surface area contributed by atoms with Gasteiger partial charge < -0.3 is 14.4 Å². The van der Waals surface area contributed by atoms with Crippen molar-refractivity contribution in [2.75, 3.05) is 7.11 Å². The van der Waals surface area contributed by atoms with Gasteiger partial charge in [-0.05, 0) is 12.1 Å². The predicted octanol–water partition coefficient (Wildman–Crippen LogP) is 0.278. The van der Waals surface area contributed by atoms with Crippen molar-refractivity contribution in [1.82, 2.24) is 9.13 Å². The summed E-state index contributed by atoms with van der Waals surface area (Å²) in [7, 11) is 4.19. The lowest BCUT2D eigenvalue weighted by molar-refractivity contribution is 0.112. The van der Waals surface area contributed by atoms with Gasteiger partial charge in [-0.15, -0.1) is 0 Å². The highest BCUT2D eigenvalue weighted by Crippen LogP contribution is 2.37. The van der Waals surface area contributed by atoms with Gasteiger partial charge in [0, 0.05) is 25.9 Å². The second kappa shape index (κ2) is 5.28. The van der Waals surface area contributed by atoms with Gasteiger partial charge >= 0.3 is 5.69 Å². The average Bonchev–Trinajstić information content (AvgIpc) is 2.48. The van der Waals surface area contributed by atoms with Gasteiger partial charge in [-0.25, -0.2) is 4.79 Å². The molecule has 7 heteroatoms. The molecular formula is C14H14N2O5. The summed E-state index contributed by atoms with van der Waals surface area (Å²) in [5.74, 6) is -0.337. The molecule has 7 nitrogen and oxygen atoms in total. The van der Waals surface area contributed by atoms with Crippen LogP contribution in [0, 0.1) is 0 Å². The molecule has 1 aromatic heterocycles. The minimum Gasteiger partial charge on any atom is -0.504 e. The normalized spacial score (nSPS) is 10.4. The number of aromatic hydroxyl groups is 1. The maximum Gasteiger partial charge on any atom is 0.330 e. The summed E-state index contributed by atoms with van der Waals surface area (Å²) >= 11 is 0. The molecule has 0 spiro atoms. The van der Waals surface area contributed by atoms with Crippen molar-refractivity contribution in [3.05, 3.63) is 44.7 Å². The van der Waals surface area contributed by atoms with E-state index >= 15 is 0 Å². The number of benzene rings is 1. The van der Waals surface area contributed by atoms with Gasteiger partial charge in [0.05, 0.1) is 18.2 Å². The van der Waals surface area contributed by atoms with Gasteiger partial charge in [0.2, 0.25) is 0 Å². The third kappa shape index (κ3) is 2.22. The number of aromatic nitrogens is 2. The molecule has 0 saturated heterocycles. The number of phenolic OH excluding ortho intramolecular Hbond substituents is 1. The highest BCUT2D eigenvalue weighted by atomic mass is 16.5. The van der Waals surface area contributed by atoms with Crippen LogP contribution < -0.4 is 16.0 Å². The van der Waals surface area contributed by atoms with Gasteiger partial charge in [-0.2, -0.15) is 0 Å². The summed E-state index contributed by atoms with van der Waals surface area (Å²) in [6.45, 7) is 0. The van der Waals surface area contributed by atoms with E-state index in [0.717, 1.165) is 4.57 Å².